The lowest BCUT2D eigenvalue weighted by Gasteiger charge is -2.09. The van der Waals surface area contributed by atoms with Crippen LogP contribution < -0.4 is 15.6 Å². The van der Waals surface area contributed by atoms with Crippen LogP contribution in [0.25, 0.3) is 15.5 Å². The first-order valence-electron chi connectivity index (χ1n) is 9.41. The van der Waals surface area contributed by atoms with E-state index in [1.54, 1.807) is 0 Å². The molecule has 2 heterocycles. The first-order chi connectivity index (χ1) is 14.5. The van der Waals surface area contributed by atoms with E-state index in [1.807, 2.05) is 62.4 Å². The molecule has 30 heavy (non-hydrogen) atoms. The van der Waals surface area contributed by atoms with Gasteiger partial charge in [-0.05, 0) is 31.5 Å². The minimum absolute atomic E-state index is 0.107. The predicted octanol–water partition coefficient (Wildman–Crippen LogP) is 3.13. The normalized spacial score (nSPS) is 10.9. The van der Waals surface area contributed by atoms with Gasteiger partial charge in [-0.2, -0.15) is 9.61 Å². The molecule has 0 fully saturated rings. The lowest BCUT2D eigenvalue weighted by Crippen LogP contribution is -2.29. The Labute approximate surface area is 177 Å². The van der Waals surface area contributed by atoms with Crippen molar-refractivity contribution in [1.29, 1.82) is 0 Å². The zero-order chi connectivity index (χ0) is 21.1. The van der Waals surface area contributed by atoms with Crippen LogP contribution in [0, 0.1) is 13.8 Å². The van der Waals surface area contributed by atoms with Crippen molar-refractivity contribution in [2.24, 2.45) is 0 Å². The fourth-order valence-electron chi connectivity index (χ4n) is 2.94. The fraction of sp³-hybridized carbons (Fsp3) is 0.182. The molecule has 1 amide bonds. The van der Waals surface area contributed by atoms with Crippen molar-refractivity contribution in [1.82, 2.24) is 19.9 Å². The third-order valence-corrected chi connectivity index (χ3v) is 5.44. The van der Waals surface area contributed by atoms with Crippen molar-refractivity contribution < 1.29 is 9.53 Å². The highest BCUT2D eigenvalue weighted by atomic mass is 32.1. The number of aromatic nitrogens is 3. The minimum Gasteiger partial charge on any atom is -0.484 e. The zero-order valence-electron chi connectivity index (χ0n) is 16.6. The molecule has 0 radical (unpaired) electrons. The Balaban J connectivity index is 1.45. The second kappa shape index (κ2) is 8.46. The van der Waals surface area contributed by atoms with Gasteiger partial charge in [0.15, 0.2) is 6.61 Å². The van der Waals surface area contributed by atoms with Gasteiger partial charge in [0.25, 0.3) is 11.5 Å². The summed E-state index contributed by atoms with van der Waals surface area (Å²) < 4.78 is 6.82. The number of carbonyl (C=O) groups is 1. The summed E-state index contributed by atoms with van der Waals surface area (Å²) in [6.45, 7) is 3.95. The SMILES string of the molecule is Cc1cccc(-c2nn3c(=O)cc(CNC(=O)COc4ccccc4C)nc3s2)c1. The summed E-state index contributed by atoms with van der Waals surface area (Å²) in [5.41, 5.74) is 3.20. The van der Waals surface area contributed by atoms with Gasteiger partial charge in [-0.15, -0.1) is 0 Å². The number of hydrogen-bond acceptors (Lipinski definition) is 6. The third kappa shape index (κ3) is 4.38. The Kier molecular flexibility index (Phi) is 5.58. The number of ether oxygens (including phenoxy) is 1. The third-order valence-electron chi connectivity index (χ3n) is 4.48. The molecule has 152 valence electrons. The van der Waals surface area contributed by atoms with Gasteiger partial charge in [-0.3, -0.25) is 9.59 Å². The largest absolute Gasteiger partial charge is 0.484 e. The molecule has 7 nitrogen and oxygen atoms in total. The van der Waals surface area contributed by atoms with E-state index < -0.39 is 0 Å². The number of aryl methyl sites for hydroxylation is 2. The predicted molar refractivity (Wildman–Crippen MR) is 116 cm³/mol. The van der Waals surface area contributed by atoms with E-state index >= 15 is 0 Å². The summed E-state index contributed by atoms with van der Waals surface area (Å²) in [6.07, 6.45) is 0. The number of benzene rings is 2. The molecular weight excluding hydrogens is 400 g/mol. The number of nitrogens with one attached hydrogen (secondary N) is 1. The highest BCUT2D eigenvalue weighted by Crippen LogP contribution is 2.24. The van der Waals surface area contributed by atoms with Gasteiger partial charge >= 0.3 is 0 Å². The van der Waals surface area contributed by atoms with Crippen molar-refractivity contribution in [2.75, 3.05) is 6.61 Å². The molecule has 0 aliphatic carbocycles. The highest BCUT2D eigenvalue weighted by Gasteiger charge is 2.12. The number of hydrogen-bond donors (Lipinski definition) is 1. The van der Waals surface area contributed by atoms with Crippen molar-refractivity contribution in [2.45, 2.75) is 20.4 Å². The molecule has 4 rings (SSSR count). The Morgan fingerprint density at radius 3 is 2.77 bits per heavy atom. The summed E-state index contributed by atoms with van der Waals surface area (Å²) >= 11 is 1.33. The van der Waals surface area contributed by atoms with Gasteiger partial charge in [0, 0.05) is 11.6 Å². The van der Waals surface area contributed by atoms with Gasteiger partial charge in [0.05, 0.1) is 12.2 Å². The summed E-state index contributed by atoms with van der Waals surface area (Å²) in [6, 6.07) is 16.8. The lowest BCUT2D eigenvalue weighted by molar-refractivity contribution is -0.123. The molecule has 0 aliphatic heterocycles. The van der Waals surface area contributed by atoms with Gasteiger partial charge in [0.1, 0.15) is 10.8 Å². The number of para-hydroxylation sites is 1. The molecule has 0 unspecified atom stereocenters. The van der Waals surface area contributed by atoms with Gasteiger partial charge in [-0.25, -0.2) is 4.98 Å². The summed E-state index contributed by atoms with van der Waals surface area (Å²) in [5, 5.41) is 7.84. The average molecular weight is 420 g/mol. The molecule has 0 saturated carbocycles. The number of amides is 1. The molecule has 2 aromatic carbocycles. The smallest absolute Gasteiger partial charge is 0.275 e. The molecule has 2 aromatic heterocycles. The number of nitrogens with zero attached hydrogens (tertiary/aromatic N) is 3. The van der Waals surface area contributed by atoms with E-state index in [1.165, 1.54) is 21.9 Å². The molecule has 0 bridgehead atoms. The van der Waals surface area contributed by atoms with Crippen LogP contribution in [-0.4, -0.2) is 27.1 Å². The van der Waals surface area contributed by atoms with Gasteiger partial charge in [-0.1, -0.05) is 53.3 Å². The molecular formula is C22H20N4O3S. The minimum atomic E-state index is -0.287. The average Bonchev–Trinajstić information content (AvgIpc) is 3.17. The number of rotatable bonds is 6. The molecule has 0 aliphatic rings. The van der Waals surface area contributed by atoms with Gasteiger partial charge < -0.3 is 10.1 Å². The first kappa shape index (κ1) is 19.8. The quantitative estimate of drug-likeness (QED) is 0.518. The van der Waals surface area contributed by atoms with Gasteiger partial charge in [0.2, 0.25) is 4.96 Å². The summed E-state index contributed by atoms with van der Waals surface area (Å²) in [4.78, 5) is 29.5. The maximum Gasteiger partial charge on any atom is 0.275 e. The Bertz CT molecular complexity index is 1280. The molecule has 0 atom stereocenters. The standard InChI is InChI=1S/C22H20N4O3S/c1-14-6-5-8-16(10-14)21-25-26-20(28)11-17(24-22(26)30-21)12-23-19(27)13-29-18-9-4-3-7-15(18)2/h3-11H,12-13H2,1-2H3,(H,23,27). The highest BCUT2D eigenvalue weighted by molar-refractivity contribution is 7.19. The van der Waals surface area contributed by atoms with Crippen molar-refractivity contribution in [3.63, 3.8) is 0 Å². The molecule has 8 heteroatoms. The summed E-state index contributed by atoms with van der Waals surface area (Å²) in [5.74, 6) is 0.379. The molecule has 0 spiro atoms. The van der Waals surface area contributed by atoms with Crippen LogP contribution in [0.1, 0.15) is 16.8 Å². The van der Waals surface area contributed by atoms with Crippen LogP contribution in [0.4, 0.5) is 0 Å². The number of fused-ring (bicyclic) bond motifs is 1. The maximum absolute atomic E-state index is 12.4. The molecule has 4 aromatic rings. The second-order valence-electron chi connectivity index (χ2n) is 6.89. The van der Waals surface area contributed by atoms with E-state index in [4.69, 9.17) is 4.74 Å². The van der Waals surface area contributed by atoms with E-state index in [2.05, 4.69) is 15.4 Å². The van der Waals surface area contributed by atoms with Crippen LogP contribution in [0.5, 0.6) is 5.75 Å². The van der Waals surface area contributed by atoms with Crippen LogP contribution >= 0.6 is 11.3 Å². The topological polar surface area (TPSA) is 85.6 Å². The van der Waals surface area contributed by atoms with Crippen molar-refractivity contribution in [3.8, 4) is 16.3 Å². The van der Waals surface area contributed by atoms with Crippen LogP contribution in [0.3, 0.4) is 0 Å². The maximum atomic E-state index is 12.4. The van der Waals surface area contributed by atoms with Crippen LogP contribution in [-0.2, 0) is 11.3 Å². The van der Waals surface area contributed by atoms with E-state index in [0.29, 0.717) is 16.4 Å². The monoisotopic (exact) mass is 420 g/mol. The van der Waals surface area contributed by atoms with Crippen molar-refractivity contribution in [3.05, 3.63) is 81.8 Å². The Hall–Kier alpha value is -3.52. The van der Waals surface area contributed by atoms with E-state index in [0.717, 1.165) is 21.7 Å². The number of carbonyl (C=O) groups excluding carboxylic acids is 1. The second-order valence-corrected chi connectivity index (χ2v) is 7.84. The first-order valence-corrected chi connectivity index (χ1v) is 10.2. The van der Waals surface area contributed by atoms with E-state index in [9.17, 15) is 9.59 Å². The lowest BCUT2D eigenvalue weighted by atomic mass is 10.1. The Morgan fingerprint density at radius 1 is 1.13 bits per heavy atom. The zero-order valence-corrected chi connectivity index (χ0v) is 17.4. The van der Waals surface area contributed by atoms with Crippen LogP contribution in [0.2, 0.25) is 0 Å². The van der Waals surface area contributed by atoms with E-state index in [-0.39, 0.29) is 24.6 Å². The van der Waals surface area contributed by atoms with Crippen LogP contribution in [0.15, 0.2) is 59.4 Å². The van der Waals surface area contributed by atoms with Crippen molar-refractivity contribution >= 4 is 22.2 Å². The Morgan fingerprint density at radius 2 is 1.97 bits per heavy atom. The molecule has 1 N–H and O–H groups in total. The fourth-order valence-corrected chi connectivity index (χ4v) is 3.86. The molecule has 0 saturated heterocycles. The summed E-state index contributed by atoms with van der Waals surface area (Å²) in [7, 11) is 0.